The lowest BCUT2D eigenvalue weighted by atomic mass is 9.82. The van der Waals surface area contributed by atoms with Gasteiger partial charge < -0.3 is 15.5 Å². The van der Waals surface area contributed by atoms with Crippen LogP contribution in [0.3, 0.4) is 0 Å². The topological polar surface area (TPSA) is 66.6 Å². The molecule has 2 heterocycles. The van der Waals surface area contributed by atoms with Crippen LogP contribution < -0.4 is 5.73 Å². The van der Waals surface area contributed by atoms with E-state index in [1.807, 2.05) is 9.80 Å². The number of benzene rings is 1. The fourth-order valence-electron chi connectivity index (χ4n) is 4.79. The number of piperidine rings is 2. The molecule has 2 aliphatic heterocycles. The molecule has 5 nitrogen and oxygen atoms in total. The van der Waals surface area contributed by atoms with Crippen LogP contribution in [0.25, 0.3) is 0 Å². The molecule has 27 heavy (non-hydrogen) atoms. The van der Waals surface area contributed by atoms with Gasteiger partial charge in [-0.05, 0) is 49.3 Å². The van der Waals surface area contributed by atoms with Crippen molar-refractivity contribution in [1.29, 1.82) is 0 Å². The van der Waals surface area contributed by atoms with Gasteiger partial charge in [-0.25, -0.2) is 4.39 Å². The highest BCUT2D eigenvalue weighted by Gasteiger charge is 2.54. The Balaban J connectivity index is 0.00000210. The summed E-state index contributed by atoms with van der Waals surface area (Å²) in [5, 5.41) is 0. The monoisotopic (exact) mass is 395 g/mol. The summed E-state index contributed by atoms with van der Waals surface area (Å²) in [6.07, 6.45) is 3.88. The highest BCUT2D eigenvalue weighted by Crippen LogP contribution is 2.50. The molecule has 2 N–H and O–H groups in total. The molecule has 1 aliphatic carbocycles. The van der Waals surface area contributed by atoms with E-state index >= 15 is 0 Å². The summed E-state index contributed by atoms with van der Waals surface area (Å²) in [5.41, 5.74) is 6.14. The van der Waals surface area contributed by atoms with Crippen LogP contribution >= 0.6 is 12.4 Å². The fourth-order valence-corrected chi connectivity index (χ4v) is 4.79. The van der Waals surface area contributed by atoms with Gasteiger partial charge in [-0.2, -0.15) is 0 Å². The van der Waals surface area contributed by atoms with Crippen molar-refractivity contribution in [3.8, 4) is 0 Å². The minimum atomic E-state index is -0.456. The normalized spacial score (nSPS) is 26.2. The zero-order chi connectivity index (χ0) is 18.3. The van der Waals surface area contributed by atoms with Crippen molar-refractivity contribution < 1.29 is 14.0 Å². The van der Waals surface area contributed by atoms with Gasteiger partial charge in [0.2, 0.25) is 11.8 Å². The van der Waals surface area contributed by atoms with E-state index in [2.05, 4.69) is 0 Å². The zero-order valence-electron chi connectivity index (χ0n) is 15.4. The van der Waals surface area contributed by atoms with Crippen LogP contribution in [0.15, 0.2) is 24.3 Å². The number of rotatable bonds is 4. The lowest BCUT2D eigenvalue weighted by Gasteiger charge is -2.47. The molecule has 0 spiro atoms. The largest absolute Gasteiger partial charge is 0.341 e. The van der Waals surface area contributed by atoms with Gasteiger partial charge in [0.25, 0.3) is 0 Å². The summed E-state index contributed by atoms with van der Waals surface area (Å²) < 4.78 is 13.2. The summed E-state index contributed by atoms with van der Waals surface area (Å²) in [6.45, 7) is 2.47. The number of likely N-dealkylation sites (tertiary alicyclic amines) is 2. The van der Waals surface area contributed by atoms with Crippen molar-refractivity contribution >= 4 is 24.2 Å². The average molecular weight is 396 g/mol. The quantitative estimate of drug-likeness (QED) is 0.848. The van der Waals surface area contributed by atoms with Crippen LogP contribution in [0.4, 0.5) is 4.39 Å². The molecular weight excluding hydrogens is 369 g/mol. The molecular formula is C20H27ClFN3O2. The van der Waals surface area contributed by atoms with Crippen molar-refractivity contribution in [2.75, 3.05) is 26.2 Å². The van der Waals surface area contributed by atoms with E-state index in [9.17, 15) is 14.0 Å². The third-order valence-electron chi connectivity index (χ3n) is 6.36. The van der Waals surface area contributed by atoms with E-state index in [1.165, 1.54) is 12.1 Å². The van der Waals surface area contributed by atoms with Crippen LogP contribution in [0.1, 0.15) is 37.7 Å². The average Bonchev–Trinajstić information content (AvgIpc) is 3.45. The standard InChI is InChI=1S/C20H26FN3O2.ClH/c21-16-4-2-15(3-5-16)20(8-9-20)19(26)23-11-7-17-14(13-23)1-6-18(25)24(17)12-10-22;/h2-5,14,17H,1,6-13,22H2;1H/t14-,17+;/m0./s1. The number of carbonyl (C=O) groups excluding carboxylic acids is 2. The van der Waals surface area contributed by atoms with Gasteiger partial charge in [-0.3, -0.25) is 9.59 Å². The first-order valence-corrected chi connectivity index (χ1v) is 9.60. The van der Waals surface area contributed by atoms with E-state index in [-0.39, 0.29) is 36.1 Å². The number of nitrogens with zero attached hydrogens (tertiary/aromatic N) is 2. The lowest BCUT2D eigenvalue weighted by molar-refractivity contribution is -0.145. The van der Waals surface area contributed by atoms with Gasteiger partial charge >= 0.3 is 0 Å². The van der Waals surface area contributed by atoms with Crippen molar-refractivity contribution in [2.24, 2.45) is 11.7 Å². The molecule has 0 bridgehead atoms. The van der Waals surface area contributed by atoms with Gasteiger partial charge in [-0.15, -0.1) is 12.4 Å². The number of halogens is 2. The Hall–Kier alpha value is -1.66. The van der Waals surface area contributed by atoms with Crippen LogP contribution in [0.5, 0.6) is 0 Å². The smallest absolute Gasteiger partial charge is 0.233 e. The molecule has 1 saturated carbocycles. The highest BCUT2D eigenvalue weighted by atomic mass is 35.5. The molecule has 1 aromatic rings. The van der Waals surface area contributed by atoms with Crippen molar-refractivity contribution in [1.82, 2.24) is 9.80 Å². The number of hydrogen-bond donors (Lipinski definition) is 1. The number of amides is 2. The van der Waals surface area contributed by atoms with Gasteiger partial charge in [0, 0.05) is 38.6 Å². The minimum absolute atomic E-state index is 0. The Labute approximate surface area is 165 Å². The molecule has 2 atom stereocenters. The van der Waals surface area contributed by atoms with Gasteiger partial charge in [0.15, 0.2) is 0 Å². The van der Waals surface area contributed by atoms with Crippen LogP contribution in [0.2, 0.25) is 0 Å². The number of hydrogen-bond acceptors (Lipinski definition) is 3. The van der Waals surface area contributed by atoms with Crippen molar-refractivity contribution in [2.45, 2.75) is 43.6 Å². The summed E-state index contributed by atoms with van der Waals surface area (Å²) in [5.74, 6) is 0.428. The fraction of sp³-hybridized carbons (Fsp3) is 0.600. The Bertz CT molecular complexity index is 708. The lowest BCUT2D eigenvalue weighted by Crippen LogP contribution is -2.58. The second kappa shape index (κ2) is 7.76. The number of nitrogens with two attached hydrogens (primary N) is 1. The van der Waals surface area contributed by atoms with E-state index in [1.54, 1.807) is 12.1 Å². The SMILES string of the molecule is Cl.NCCN1C(=O)CC[C@H]2CN(C(=O)C3(c4ccc(F)cc4)CC3)CC[C@H]21. The summed E-state index contributed by atoms with van der Waals surface area (Å²) in [6, 6.07) is 6.58. The van der Waals surface area contributed by atoms with Crippen LogP contribution in [-0.2, 0) is 15.0 Å². The Morgan fingerprint density at radius 2 is 1.93 bits per heavy atom. The van der Waals surface area contributed by atoms with Crippen LogP contribution in [0, 0.1) is 11.7 Å². The molecule has 4 rings (SSSR count). The summed E-state index contributed by atoms with van der Waals surface area (Å²) in [4.78, 5) is 29.4. The molecule has 7 heteroatoms. The Morgan fingerprint density at radius 3 is 2.56 bits per heavy atom. The summed E-state index contributed by atoms with van der Waals surface area (Å²) in [7, 11) is 0. The molecule has 148 valence electrons. The molecule has 0 radical (unpaired) electrons. The first-order valence-electron chi connectivity index (χ1n) is 9.60. The predicted molar refractivity (Wildman–Crippen MR) is 103 cm³/mol. The zero-order valence-corrected chi connectivity index (χ0v) is 16.2. The third-order valence-corrected chi connectivity index (χ3v) is 6.36. The van der Waals surface area contributed by atoms with E-state index in [4.69, 9.17) is 5.73 Å². The maximum absolute atomic E-state index is 13.2. The van der Waals surface area contributed by atoms with Gasteiger partial charge in [0.05, 0.1) is 5.41 Å². The molecule has 2 saturated heterocycles. The second-order valence-electron chi connectivity index (χ2n) is 7.87. The molecule has 2 amide bonds. The third kappa shape index (κ3) is 3.57. The molecule has 1 aromatic carbocycles. The first-order chi connectivity index (χ1) is 12.5. The highest BCUT2D eigenvalue weighted by molar-refractivity contribution is 5.91. The van der Waals surface area contributed by atoms with E-state index in [0.717, 1.165) is 31.2 Å². The minimum Gasteiger partial charge on any atom is -0.341 e. The maximum Gasteiger partial charge on any atom is 0.233 e. The molecule has 3 fully saturated rings. The molecule has 0 aromatic heterocycles. The number of fused-ring (bicyclic) bond motifs is 1. The maximum atomic E-state index is 13.2. The molecule has 0 unspecified atom stereocenters. The predicted octanol–water partition coefficient (Wildman–Crippen LogP) is 2.08. The van der Waals surface area contributed by atoms with E-state index < -0.39 is 5.41 Å². The second-order valence-corrected chi connectivity index (χ2v) is 7.87. The van der Waals surface area contributed by atoms with Gasteiger partial charge in [-0.1, -0.05) is 12.1 Å². The Kier molecular flexibility index (Phi) is 5.77. The van der Waals surface area contributed by atoms with Crippen molar-refractivity contribution in [3.63, 3.8) is 0 Å². The van der Waals surface area contributed by atoms with Crippen LogP contribution in [-0.4, -0.2) is 53.8 Å². The van der Waals surface area contributed by atoms with E-state index in [0.29, 0.717) is 38.5 Å². The van der Waals surface area contributed by atoms with Crippen molar-refractivity contribution in [3.05, 3.63) is 35.6 Å². The first kappa shape index (κ1) is 20.1. The Morgan fingerprint density at radius 1 is 1.22 bits per heavy atom. The van der Waals surface area contributed by atoms with Gasteiger partial charge in [0.1, 0.15) is 5.82 Å². The number of carbonyl (C=O) groups is 2. The molecule has 3 aliphatic rings. The summed E-state index contributed by atoms with van der Waals surface area (Å²) >= 11 is 0.